The maximum absolute atomic E-state index is 13.0. The van der Waals surface area contributed by atoms with Gasteiger partial charge in [-0.2, -0.15) is 48.6 Å². The van der Waals surface area contributed by atoms with Crippen molar-refractivity contribution in [3.05, 3.63) is 102 Å². The fourth-order valence-corrected chi connectivity index (χ4v) is 11.0. The number of carbonyl (C=O) groups excluding carboxylic acids is 1. The lowest BCUT2D eigenvalue weighted by Crippen LogP contribution is -2.21. The molecule has 27 nitrogen and oxygen atoms in total. The van der Waals surface area contributed by atoms with E-state index in [-0.39, 0.29) is 90.0 Å². The zero-order valence-corrected chi connectivity index (χ0v) is 43.3. The van der Waals surface area contributed by atoms with Gasteiger partial charge >= 0.3 is 10.4 Å². The number of ether oxygens (including phenoxy) is 1. The summed E-state index contributed by atoms with van der Waals surface area (Å²) >= 11 is 6.36. The molecule has 7 rings (SSSR count). The van der Waals surface area contributed by atoms with Gasteiger partial charge in [0.1, 0.15) is 37.5 Å². The number of hydrogen-bond acceptors (Lipinski definition) is 22. The van der Waals surface area contributed by atoms with Gasteiger partial charge in [0.2, 0.25) is 23.1 Å². The van der Waals surface area contributed by atoms with Crippen LogP contribution < -0.4 is 20.3 Å². The van der Waals surface area contributed by atoms with Crippen molar-refractivity contribution in [1.29, 1.82) is 0 Å². The van der Waals surface area contributed by atoms with Crippen LogP contribution in [0.2, 0.25) is 5.28 Å². The molecule has 0 unspecified atom stereocenters. The number of fused-ring (bicyclic) bond motifs is 2. The molecule has 6 aromatic carbocycles. The topological polar surface area (TPSA) is 403 Å². The van der Waals surface area contributed by atoms with E-state index in [1.807, 2.05) is 0 Å². The van der Waals surface area contributed by atoms with Crippen molar-refractivity contribution in [2.24, 2.45) is 20.5 Å². The molecule has 0 aliphatic heterocycles. The Kier molecular flexibility index (Phi) is 15.9. The number of methoxy groups -OCH3 is 1. The molecule has 1 heterocycles. The fraction of sp³-hybridized carbons (Fsp3) is 0.143. The van der Waals surface area contributed by atoms with Crippen LogP contribution in [0.3, 0.4) is 0 Å². The Morgan fingerprint density at radius 2 is 1.31 bits per heavy atom. The summed E-state index contributed by atoms with van der Waals surface area (Å²) in [5.41, 5.74) is -0.736. The molecule has 0 radical (unpaired) electrons. The number of aromatic nitrogens is 3. The average molecular weight is 1150 g/mol. The number of benzene rings is 6. The fourth-order valence-electron chi connectivity index (χ4n) is 7.21. The number of nitrogens with one attached hydrogen (secondary N) is 2. The number of carbonyl (C=O) groups is 1. The van der Waals surface area contributed by atoms with E-state index in [9.17, 15) is 60.5 Å². The first-order chi connectivity index (χ1) is 35.1. The highest BCUT2D eigenvalue weighted by Crippen LogP contribution is 2.43. The number of amides is 1. The Morgan fingerprint density at radius 3 is 1.96 bits per heavy atom. The second-order valence-corrected chi connectivity index (χ2v) is 23.0. The maximum Gasteiger partial charge on any atom is 0.397 e. The van der Waals surface area contributed by atoms with Gasteiger partial charge in [-0.05, 0) is 84.6 Å². The summed E-state index contributed by atoms with van der Waals surface area (Å²) in [7, 11) is -22.7. The minimum atomic E-state index is -5.02. The van der Waals surface area contributed by atoms with Crippen molar-refractivity contribution < 1.29 is 74.0 Å². The maximum atomic E-state index is 13.0. The van der Waals surface area contributed by atoms with Crippen LogP contribution in [0.1, 0.15) is 13.8 Å². The van der Waals surface area contributed by atoms with Crippen molar-refractivity contribution in [2.75, 3.05) is 41.5 Å². The van der Waals surface area contributed by atoms with E-state index in [1.54, 1.807) is 6.92 Å². The first-order valence-electron chi connectivity index (χ1n) is 20.8. The highest BCUT2D eigenvalue weighted by atomic mass is 35.5. The van der Waals surface area contributed by atoms with Crippen molar-refractivity contribution >= 4 is 141 Å². The number of nitrogens with zero attached hydrogens (tertiary/aromatic N) is 8. The smallest absolute Gasteiger partial charge is 0.397 e. The third kappa shape index (κ3) is 13.2. The molecule has 0 bridgehead atoms. The van der Waals surface area contributed by atoms with E-state index in [1.165, 1.54) is 84.8 Å². The van der Waals surface area contributed by atoms with Gasteiger partial charge in [0.15, 0.2) is 9.84 Å². The lowest BCUT2D eigenvalue weighted by molar-refractivity contribution is -0.114. The first kappa shape index (κ1) is 55.5. The van der Waals surface area contributed by atoms with Gasteiger partial charge in [-0.25, -0.2) is 12.6 Å². The second kappa shape index (κ2) is 21.5. The van der Waals surface area contributed by atoms with E-state index < -0.39 is 89.2 Å². The molecule has 0 aliphatic carbocycles. The van der Waals surface area contributed by atoms with E-state index in [0.29, 0.717) is 0 Å². The summed E-state index contributed by atoms with van der Waals surface area (Å²) in [5, 5.41) is 21.4. The lowest BCUT2D eigenvalue weighted by atomic mass is 10.1. The normalized spacial score (nSPS) is 12.7. The molecule has 75 heavy (non-hydrogen) atoms. The van der Waals surface area contributed by atoms with Crippen molar-refractivity contribution in [1.82, 2.24) is 15.0 Å². The molecule has 1 amide bonds. The minimum absolute atomic E-state index is 0.00263. The molecule has 7 aromatic rings. The summed E-state index contributed by atoms with van der Waals surface area (Å²) in [6.45, 7) is 2.07. The van der Waals surface area contributed by atoms with Crippen LogP contribution in [-0.2, 0) is 59.6 Å². The average Bonchev–Trinajstić information content (AvgIpc) is 3.31. The van der Waals surface area contributed by atoms with Gasteiger partial charge in [0.05, 0.1) is 41.4 Å². The Morgan fingerprint density at radius 1 is 0.667 bits per heavy atom. The SMILES string of the molecule is CCN(c1cccc(S(=O)(=O)CCOS(=O)(=O)O)c1)c1nc(Cl)nc(Nc2ccc(N=Nc3cc(NC(C)=O)c(N=Nc4cc5c(S(=O)(=O)O)cccc5cc4S(=O)(=O)O)cc3OC)c3cccc(S(=O)(=O)O)c23)n1. The number of halogens is 1. The van der Waals surface area contributed by atoms with Crippen LogP contribution in [0.25, 0.3) is 21.5 Å². The first-order valence-corrected chi connectivity index (χ1v) is 28.6. The molecular weight excluding hydrogens is 1110 g/mol. The van der Waals surface area contributed by atoms with Crippen molar-refractivity contribution in [3.63, 3.8) is 0 Å². The molecule has 33 heteroatoms. The van der Waals surface area contributed by atoms with Crippen LogP contribution in [-0.4, -0.2) is 107 Å². The van der Waals surface area contributed by atoms with E-state index in [2.05, 4.69) is 50.2 Å². The van der Waals surface area contributed by atoms with E-state index in [0.717, 1.165) is 31.2 Å². The largest absolute Gasteiger partial charge is 0.494 e. The number of hydrogen-bond donors (Lipinski definition) is 6. The predicted octanol–water partition coefficient (Wildman–Crippen LogP) is 7.86. The Labute approximate surface area is 431 Å². The van der Waals surface area contributed by atoms with Crippen LogP contribution >= 0.6 is 11.6 Å². The van der Waals surface area contributed by atoms with Gasteiger partial charge in [-0.15, -0.1) is 20.5 Å². The van der Waals surface area contributed by atoms with Crippen LogP contribution in [0.15, 0.2) is 137 Å². The number of sulfone groups is 1. The van der Waals surface area contributed by atoms with Gasteiger partial charge in [0, 0.05) is 41.4 Å². The molecule has 394 valence electrons. The molecule has 6 N–H and O–H groups in total. The summed E-state index contributed by atoms with van der Waals surface area (Å²) < 4.78 is 172. The predicted molar refractivity (Wildman–Crippen MR) is 270 cm³/mol. The molecule has 0 aliphatic rings. The van der Waals surface area contributed by atoms with Gasteiger partial charge in [0.25, 0.3) is 30.4 Å². The summed E-state index contributed by atoms with van der Waals surface area (Å²) in [6.07, 6.45) is 0. The molecule has 1 aromatic heterocycles. The van der Waals surface area contributed by atoms with Crippen molar-refractivity contribution in [2.45, 2.75) is 33.4 Å². The van der Waals surface area contributed by atoms with Gasteiger partial charge < -0.3 is 20.3 Å². The molecule has 0 saturated heterocycles. The number of azo groups is 2. The Hall–Kier alpha value is -7.24. The lowest BCUT2D eigenvalue weighted by Gasteiger charge is -2.22. The third-order valence-corrected chi connectivity index (χ3v) is 15.3. The molecule has 0 fully saturated rings. The number of anilines is 5. The zero-order chi connectivity index (χ0) is 54.8. The molecular formula is C42H37ClN10O17S5. The minimum Gasteiger partial charge on any atom is -0.494 e. The van der Waals surface area contributed by atoms with E-state index >= 15 is 0 Å². The summed E-state index contributed by atoms with van der Waals surface area (Å²) in [4.78, 5) is 24.3. The molecule has 0 saturated carbocycles. The van der Waals surface area contributed by atoms with Crippen LogP contribution in [0, 0.1) is 0 Å². The summed E-state index contributed by atoms with van der Waals surface area (Å²) in [5.74, 6) is -1.91. The van der Waals surface area contributed by atoms with Gasteiger partial charge in [-0.1, -0.05) is 30.3 Å². The van der Waals surface area contributed by atoms with Crippen LogP contribution in [0.5, 0.6) is 5.75 Å². The highest BCUT2D eigenvalue weighted by Gasteiger charge is 2.25. The quantitative estimate of drug-likeness (QED) is 0.0331. The van der Waals surface area contributed by atoms with Gasteiger partial charge in [-0.3, -0.25) is 23.0 Å². The number of rotatable bonds is 19. The second-order valence-electron chi connectivity index (χ2n) is 15.3. The zero-order valence-electron chi connectivity index (χ0n) is 38.5. The van der Waals surface area contributed by atoms with Crippen molar-refractivity contribution in [3.8, 4) is 5.75 Å². The highest BCUT2D eigenvalue weighted by molar-refractivity contribution is 7.91. The standard InChI is InChI=1S/C42H37ClN10O17S5/c1-4-53(25-9-6-10-26(19-25)71(55,56)17-16-70-75(66,67)68)42-47-40(43)46-41(48-42)45-30-15-14-29(27-11-7-13-37(39(27)30)73(60,61)62)49-51-33-21-31(44-23(2)54)32(22-35(33)69-3)50-52-34-20-28-24(18-38(34)74(63,64)65)8-5-12-36(28)72(57,58)59/h5-15,18-22H,4,16-17H2,1-3H3,(H,44,54)(H,57,58,59)(H,60,61,62)(H,63,64,65)(H,66,67,68)(H,45,46,47,48). The Balaban J connectivity index is 1.26. The van der Waals surface area contributed by atoms with Crippen LogP contribution in [0.4, 0.5) is 51.7 Å². The summed E-state index contributed by atoms with van der Waals surface area (Å²) in [6, 6.07) is 19.9. The molecule has 0 spiro atoms. The van der Waals surface area contributed by atoms with E-state index in [4.69, 9.17) is 20.9 Å². The monoisotopic (exact) mass is 1150 g/mol. The Bertz CT molecular complexity index is 4120. The molecule has 0 atom stereocenters. The third-order valence-electron chi connectivity index (χ3n) is 10.3.